The average Bonchev–Trinajstić information content (AvgIpc) is 2.40. The summed E-state index contributed by atoms with van der Waals surface area (Å²) in [6, 6.07) is 3.67. The zero-order chi connectivity index (χ0) is 15.1. The van der Waals surface area contributed by atoms with Gasteiger partial charge in [0.2, 0.25) is 5.96 Å². The van der Waals surface area contributed by atoms with Gasteiger partial charge in [0.05, 0.1) is 13.2 Å². The predicted octanol–water partition coefficient (Wildman–Crippen LogP) is 1.39. The first-order chi connectivity index (χ1) is 9.47. The molecule has 0 saturated heterocycles. The van der Waals surface area contributed by atoms with Gasteiger partial charge in [-0.3, -0.25) is 5.43 Å². The van der Waals surface area contributed by atoms with Crippen molar-refractivity contribution in [3.63, 3.8) is 0 Å². The van der Waals surface area contributed by atoms with Crippen molar-refractivity contribution in [3.8, 4) is 0 Å². The minimum Gasteiger partial charge on any atom is -0.383 e. The van der Waals surface area contributed by atoms with Gasteiger partial charge in [-0.2, -0.15) is 0 Å². The van der Waals surface area contributed by atoms with E-state index in [1.54, 1.807) is 33.1 Å². The summed E-state index contributed by atoms with van der Waals surface area (Å²) in [5.41, 5.74) is 4.70. The molecule has 1 unspecified atom stereocenters. The van der Waals surface area contributed by atoms with Crippen LogP contribution >= 0.6 is 0 Å². The number of hydrogen-bond acceptors (Lipinski definition) is 3. The highest BCUT2D eigenvalue weighted by Crippen LogP contribution is 2.15. The highest BCUT2D eigenvalue weighted by atomic mass is 19.1. The van der Waals surface area contributed by atoms with E-state index in [4.69, 9.17) is 10.6 Å². The molecule has 0 heterocycles. The van der Waals surface area contributed by atoms with Crippen LogP contribution in [0.4, 0.5) is 4.39 Å². The number of ether oxygens (including phenoxy) is 1. The van der Waals surface area contributed by atoms with E-state index in [1.165, 1.54) is 0 Å². The molecule has 0 saturated carbocycles. The summed E-state index contributed by atoms with van der Waals surface area (Å²) in [6.45, 7) is 6.43. The van der Waals surface area contributed by atoms with E-state index >= 15 is 0 Å². The van der Waals surface area contributed by atoms with Crippen LogP contribution in [-0.2, 0) is 11.3 Å². The SMILES string of the molecule is COCC(C)NC(=NCc1cc(C)c(F)c(C)c1)NN. The first-order valence-electron chi connectivity index (χ1n) is 6.50. The van der Waals surface area contributed by atoms with Gasteiger partial charge in [-0.15, -0.1) is 0 Å². The van der Waals surface area contributed by atoms with Gasteiger partial charge in [0.1, 0.15) is 5.82 Å². The van der Waals surface area contributed by atoms with E-state index in [2.05, 4.69) is 15.7 Å². The minimum absolute atomic E-state index is 0.0893. The highest BCUT2D eigenvalue weighted by molar-refractivity contribution is 5.79. The van der Waals surface area contributed by atoms with Crippen LogP contribution < -0.4 is 16.6 Å². The molecule has 1 rings (SSSR count). The van der Waals surface area contributed by atoms with Crippen molar-refractivity contribution in [2.24, 2.45) is 10.8 Å². The molecule has 0 aliphatic rings. The Balaban J connectivity index is 2.73. The Morgan fingerprint density at radius 3 is 2.50 bits per heavy atom. The number of nitrogens with two attached hydrogens (primary N) is 1. The number of aryl methyl sites for hydroxylation is 2. The normalized spacial score (nSPS) is 13.2. The number of nitrogens with one attached hydrogen (secondary N) is 2. The van der Waals surface area contributed by atoms with Gasteiger partial charge in [-0.1, -0.05) is 12.1 Å². The Morgan fingerprint density at radius 1 is 1.40 bits per heavy atom. The van der Waals surface area contributed by atoms with Crippen LogP contribution in [0.25, 0.3) is 0 Å². The zero-order valence-electron chi connectivity index (χ0n) is 12.5. The summed E-state index contributed by atoms with van der Waals surface area (Å²) >= 11 is 0. The molecule has 20 heavy (non-hydrogen) atoms. The second-order valence-electron chi connectivity index (χ2n) is 4.85. The molecule has 0 radical (unpaired) electrons. The largest absolute Gasteiger partial charge is 0.383 e. The van der Waals surface area contributed by atoms with Crippen molar-refractivity contribution >= 4 is 5.96 Å². The van der Waals surface area contributed by atoms with Crippen LogP contribution in [0.5, 0.6) is 0 Å². The number of nitrogens with zero attached hydrogens (tertiary/aromatic N) is 1. The fourth-order valence-electron chi connectivity index (χ4n) is 1.96. The van der Waals surface area contributed by atoms with E-state index in [-0.39, 0.29) is 11.9 Å². The molecular weight excluding hydrogens is 259 g/mol. The summed E-state index contributed by atoms with van der Waals surface area (Å²) in [7, 11) is 1.63. The van der Waals surface area contributed by atoms with Crippen molar-refractivity contribution < 1.29 is 9.13 Å². The molecule has 0 fully saturated rings. The Labute approximate surface area is 119 Å². The number of hydrazine groups is 1. The van der Waals surface area contributed by atoms with Crippen LogP contribution in [-0.4, -0.2) is 25.7 Å². The van der Waals surface area contributed by atoms with Gasteiger partial charge in [-0.25, -0.2) is 15.2 Å². The lowest BCUT2D eigenvalue weighted by Crippen LogP contribution is -2.46. The molecule has 0 aliphatic carbocycles. The quantitative estimate of drug-likeness (QED) is 0.330. The van der Waals surface area contributed by atoms with Gasteiger partial charge in [0, 0.05) is 13.2 Å². The number of guanidine groups is 1. The van der Waals surface area contributed by atoms with Gasteiger partial charge >= 0.3 is 0 Å². The second-order valence-corrected chi connectivity index (χ2v) is 4.85. The van der Waals surface area contributed by atoms with Crippen LogP contribution in [0.1, 0.15) is 23.6 Å². The maximum atomic E-state index is 13.5. The van der Waals surface area contributed by atoms with E-state index < -0.39 is 0 Å². The van der Waals surface area contributed by atoms with Crippen LogP contribution in [0.15, 0.2) is 17.1 Å². The Hall–Kier alpha value is -1.66. The topological polar surface area (TPSA) is 71.7 Å². The summed E-state index contributed by atoms with van der Waals surface area (Å²) in [5, 5.41) is 3.09. The lowest BCUT2D eigenvalue weighted by molar-refractivity contribution is 0.179. The van der Waals surface area contributed by atoms with Crippen molar-refractivity contribution in [1.82, 2.24) is 10.7 Å². The smallest absolute Gasteiger partial charge is 0.206 e. The van der Waals surface area contributed by atoms with Crippen molar-refractivity contribution in [2.75, 3.05) is 13.7 Å². The predicted molar refractivity (Wildman–Crippen MR) is 78.8 cm³/mol. The number of benzene rings is 1. The second kappa shape index (κ2) is 7.81. The molecule has 0 aromatic heterocycles. The lowest BCUT2D eigenvalue weighted by atomic mass is 10.1. The molecule has 5 nitrogen and oxygen atoms in total. The highest BCUT2D eigenvalue weighted by Gasteiger charge is 2.06. The standard InChI is InChI=1S/C14H23FN4O/c1-9-5-12(6-10(2)13(9)15)7-17-14(19-16)18-11(3)8-20-4/h5-6,11H,7-8,16H2,1-4H3,(H2,17,18,19). The zero-order valence-corrected chi connectivity index (χ0v) is 12.5. The molecule has 0 spiro atoms. The molecule has 112 valence electrons. The van der Waals surface area contributed by atoms with E-state index in [0.717, 1.165) is 5.56 Å². The molecule has 6 heteroatoms. The lowest BCUT2D eigenvalue weighted by Gasteiger charge is -2.15. The maximum absolute atomic E-state index is 13.5. The molecule has 0 aliphatic heterocycles. The minimum atomic E-state index is -0.165. The summed E-state index contributed by atoms with van der Waals surface area (Å²) in [5.74, 6) is 5.74. The number of hydrogen-bond donors (Lipinski definition) is 3. The Bertz CT molecular complexity index is 453. The third kappa shape index (κ3) is 4.79. The molecule has 0 amide bonds. The van der Waals surface area contributed by atoms with Gasteiger partial charge < -0.3 is 10.1 Å². The third-order valence-electron chi connectivity index (χ3n) is 2.85. The van der Waals surface area contributed by atoms with Crippen molar-refractivity contribution in [2.45, 2.75) is 33.4 Å². The van der Waals surface area contributed by atoms with Gasteiger partial charge in [-0.05, 0) is 37.5 Å². The monoisotopic (exact) mass is 282 g/mol. The molecular formula is C14H23FN4O. The molecule has 4 N–H and O–H groups in total. The van der Waals surface area contributed by atoms with E-state index in [1.807, 2.05) is 6.92 Å². The number of methoxy groups -OCH3 is 1. The fourth-order valence-corrected chi connectivity index (χ4v) is 1.96. The van der Waals surface area contributed by atoms with E-state index in [0.29, 0.717) is 30.2 Å². The molecule has 1 aromatic carbocycles. The summed E-state index contributed by atoms with van der Waals surface area (Å²) in [4.78, 5) is 4.34. The van der Waals surface area contributed by atoms with Crippen molar-refractivity contribution in [1.29, 1.82) is 0 Å². The number of aliphatic imine (C=N–C) groups is 1. The average molecular weight is 282 g/mol. The first kappa shape index (κ1) is 16.4. The van der Waals surface area contributed by atoms with Crippen molar-refractivity contribution in [3.05, 3.63) is 34.6 Å². The Kier molecular flexibility index (Phi) is 6.41. The van der Waals surface area contributed by atoms with Crippen LogP contribution in [0.2, 0.25) is 0 Å². The fraction of sp³-hybridized carbons (Fsp3) is 0.500. The summed E-state index contributed by atoms with van der Waals surface area (Å²) < 4.78 is 18.6. The molecule has 1 aromatic rings. The van der Waals surface area contributed by atoms with Crippen LogP contribution in [0, 0.1) is 19.7 Å². The number of rotatable bonds is 5. The maximum Gasteiger partial charge on any atom is 0.206 e. The van der Waals surface area contributed by atoms with Gasteiger partial charge in [0.15, 0.2) is 0 Å². The molecule has 1 atom stereocenters. The van der Waals surface area contributed by atoms with Gasteiger partial charge in [0.25, 0.3) is 0 Å². The first-order valence-corrected chi connectivity index (χ1v) is 6.50. The summed E-state index contributed by atoms with van der Waals surface area (Å²) in [6.07, 6.45) is 0. The third-order valence-corrected chi connectivity index (χ3v) is 2.85. The molecule has 0 bridgehead atoms. The Morgan fingerprint density at radius 2 is 2.00 bits per heavy atom. The van der Waals surface area contributed by atoms with E-state index in [9.17, 15) is 4.39 Å². The number of halogens is 1. The van der Waals surface area contributed by atoms with Crippen LogP contribution in [0.3, 0.4) is 0 Å².